The van der Waals surface area contributed by atoms with Crippen LogP contribution in [-0.2, 0) is 19.1 Å². The lowest BCUT2D eigenvalue weighted by Gasteiger charge is -2.13. The van der Waals surface area contributed by atoms with Crippen LogP contribution in [0.3, 0.4) is 0 Å². The second-order valence-electron chi connectivity index (χ2n) is 10.8. The molecule has 10 nitrogen and oxygen atoms in total. The highest BCUT2D eigenvalue weighted by atomic mass is 19.4. The summed E-state index contributed by atoms with van der Waals surface area (Å²) in [6.45, 7) is 2.10. The van der Waals surface area contributed by atoms with E-state index in [1.165, 1.54) is 62.1 Å². The molecule has 1 aliphatic heterocycles. The third-order valence-corrected chi connectivity index (χ3v) is 7.02. The number of primary amides is 1. The minimum absolute atomic E-state index is 0.144. The monoisotopic (exact) mass is 632 g/mol. The molecule has 2 rings (SSSR count). The number of rotatable bonds is 19. The summed E-state index contributed by atoms with van der Waals surface area (Å²) in [7, 11) is 0. The molecule has 1 saturated heterocycles. The lowest BCUT2D eigenvalue weighted by atomic mass is 10.1. The van der Waals surface area contributed by atoms with E-state index < -0.39 is 42.6 Å². The number of ether oxygens (including phenoxy) is 2. The SMILES string of the molecule is CCCCCCCC/C=C\CCCCCCCC(=O)OC[C@H]1O[C@@H]([n+]2cccc(C(N)=O)c2)[C@H](O)[C@@H]1O.O=C([O-])C(F)(F)F. The zero-order valence-electron chi connectivity index (χ0n) is 25.4. The van der Waals surface area contributed by atoms with Crippen molar-refractivity contribution in [3.8, 4) is 0 Å². The van der Waals surface area contributed by atoms with Gasteiger partial charge in [-0.1, -0.05) is 70.4 Å². The number of nitrogens with zero attached hydrogens (tertiary/aromatic N) is 1. The highest BCUT2D eigenvalue weighted by Gasteiger charge is 2.48. The summed E-state index contributed by atoms with van der Waals surface area (Å²) >= 11 is 0. The minimum atomic E-state index is -5.19. The molecule has 0 aliphatic carbocycles. The van der Waals surface area contributed by atoms with Crippen molar-refractivity contribution in [2.75, 3.05) is 6.61 Å². The predicted octanol–water partition coefficient (Wildman–Crippen LogP) is 3.57. The maximum atomic E-state index is 12.1. The summed E-state index contributed by atoms with van der Waals surface area (Å²) in [4.78, 5) is 32.3. The van der Waals surface area contributed by atoms with Crippen LogP contribution in [0.4, 0.5) is 13.2 Å². The van der Waals surface area contributed by atoms with E-state index in [4.69, 9.17) is 25.1 Å². The molecule has 0 bridgehead atoms. The van der Waals surface area contributed by atoms with Gasteiger partial charge in [0.25, 0.3) is 12.1 Å². The molecule has 0 radical (unpaired) electrons. The first kappa shape index (κ1) is 39.0. The van der Waals surface area contributed by atoms with Crippen LogP contribution in [0.1, 0.15) is 113 Å². The van der Waals surface area contributed by atoms with Crippen LogP contribution in [0.25, 0.3) is 0 Å². The van der Waals surface area contributed by atoms with Crippen molar-refractivity contribution in [1.29, 1.82) is 0 Å². The number of nitrogens with two attached hydrogens (primary N) is 1. The van der Waals surface area contributed by atoms with Crippen molar-refractivity contribution in [2.45, 2.75) is 128 Å². The number of aliphatic hydroxyl groups excluding tert-OH is 2. The van der Waals surface area contributed by atoms with Crippen LogP contribution in [0.15, 0.2) is 36.7 Å². The first-order valence-corrected chi connectivity index (χ1v) is 15.3. The maximum Gasteiger partial charge on any atom is 0.430 e. The molecule has 1 aromatic rings. The number of hydrogen-bond donors (Lipinski definition) is 3. The molecule has 4 N–H and O–H groups in total. The number of hydrogen-bond acceptors (Lipinski definition) is 8. The van der Waals surface area contributed by atoms with Crippen LogP contribution in [0.2, 0.25) is 0 Å². The van der Waals surface area contributed by atoms with Crippen molar-refractivity contribution < 1.29 is 56.9 Å². The molecule has 13 heteroatoms. The van der Waals surface area contributed by atoms with E-state index in [0.29, 0.717) is 6.42 Å². The van der Waals surface area contributed by atoms with Crippen molar-refractivity contribution in [2.24, 2.45) is 5.73 Å². The Balaban J connectivity index is 0.00000123. The van der Waals surface area contributed by atoms with Gasteiger partial charge in [0.1, 0.15) is 30.3 Å². The molecule has 250 valence electrons. The molecule has 4 atom stereocenters. The summed E-state index contributed by atoms with van der Waals surface area (Å²) in [5.41, 5.74) is 5.55. The number of aliphatic carboxylic acids is 1. The zero-order valence-corrected chi connectivity index (χ0v) is 25.4. The number of carboxylic acids is 1. The van der Waals surface area contributed by atoms with Crippen LogP contribution >= 0.6 is 0 Å². The Hall–Kier alpha value is -3.03. The average molecular weight is 633 g/mol. The van der Waals surface area contributed by atoms with E-state index in [0.717, 1.165) is 32.1 Å². The number of carboxylic acid groups (broad SMARTS) is 1. The van der Waals surface area contributed by atoms with Crippen molar-refractivity contribution in [1.82, 2.24) is 0 Å². The number of aliphatic hydroxyl groups is 2. The fourth-order valence-electron chi connectivity index (χ4n) is 4.50. The van der Waals surface area contributed by atoms with Gasteiger partial charge in [-0.25, -0.2) is 0 Å². The second-order valence-corrected chi connectivity index (χ2v) is 10.8. The van der Waals surface area contributed by atoms with E-state index in [9.17, 15) is 33.0 Å². The van der Waals surface area contributed by atoms with E-state index in [-0.39, 0.29) is 18.1 Å². The van der Waals surface area contributed by atoms with Gasteiger partial charge in [-0.15, -0.1) is 0 Å². The van der Waals surface area contributed by atoms with Gasteiger partial charge in [-0.2, -0.15) is 17.7 Å². The molecular weight excluding hydrogens is 585 g/mol. The molecule has 2 heterocycles. The van der Waals surface area contributed by atoms with Gasteiger partial charge in [-0.3, -0.25) is 9.59 Å². The first-order chi connectivity index (χ1) is 20.9. The van der Waals surface area contributed by atoms with Crippen LogP contribution in [0, 0.1) is 0 Å². The van der Waals surface area contributed by atoms with Gasteiger partial charge in [0.05, 0.1) is 0 Å². The van der Waals surface area contributed by atoms with E-state index >= 15 is 0 Å². The number of aromatic nitrogens is 1. The summed E-state index contributed by atoms with van der Waals surface area (Å²) in [6.07, 6.45) is 14.1. The molecular formula is C31H47F3N2O8. The lowest BCUT2D eigenvalue weighted by molar-refractivity contribution is -0.765. The predicted molar refractivity (Wildman–Crippen MR) is 153 cm³/mol. The Morgan fingerprint density at radius 3 is 2.07 bits per heavy atom. The van der Waals surface area contributed by atoms with Crippen LogP contribution < -0.4 is 15.4 Å². The molecule has 0 saturated carbocycles. The van der Waals surface area contributed by atoms with Crippen LogP contribution in [-0.4, -0.2) is 59.2 Å². The van der Waals surface area contributed by atoms with E-state index in [1.54, 1.807) is 18.3 Å². The fraction of sp³-hybridized carbons (Fsp3) is 0.677. The number of esters is 1. The number of allylic oxidation sites excluding steroid dienone is 2. The molecule has 0 aromatic carbocycles. The zero-order chi connectivity index (χ0) is 33.0. The Labute approximate surface area is 257 Å². The molecule has 0 spiro atoms. The Bertz CT molecular complexity index is 1020. The summed E-state index contributed by atoms with van der Waals surface area (Å²) < 4.78 is 44.0. The molecule has 1 aliphatic rings. The Morgan fingerprint density at radius 1 is 0.977 bits per heavy atom. The number of unbranched alkanes of at least 4 members (excludes halogenated alkanes) is 11. The third kappa shape index (κ3) is 16.2. The van der Waals surface area contributed by atoms with Gasteiger partial charge in [0, 0.05) is 12.5 Å². The third-order valence-electron chi connectivity index (χ3n) is 7.02. The number of amides is 1. The maximum absolute atomic E-state index is 12.1. The fourth-order valence-corrected chi connectivity index (χ4v) is 4.50. The number of carbonyl (C=O) groups is 3. The van der Waals surface area contributed by atoms with Gasteiger partial charge < -0.3 is 35.3 Å². The Morgan fingerprint density at radius 2 is 1.52 bits per heavy atom. The number of alkyl halides is 3. The molecule has 1 fully saturated rings. The summed E-state index contributed by atoms with van der Waals surface area (Å²) in [5, 5.41) is 29.5. The minimum Gasteiger partial charge on any atom is -0.542 e. The largest absolute Gasteiger partial charge is 0.542 e. The second kappa shape index (κ2) is 21.6. The average Bonchev–Trinajstić information content (AvgIpc) is 3.26. The highest BCUT2D eigenvalue weighted by Crippen LogP contribution is 2.26. The topological polar surface area (TPSA) is 163 Å². The van der Waals surface area contributed by atoms with Crippen molar-refractivity contribution >= 4 is 17.8 Å². The molecule has 1 aromatic heterocycles. The van der Waals surface area contributed by atoms with Gasteiger partial charge in [0.15, 0.2) is 18.5 Å². The number of pyridine rings is 1. The number of halogens is 3. The molecule has 1 amide bonds. The van der Waals surface area contributed by atoms with E-state index in [2.05, 4.69) is 19.1 Å². The standard InChI is InChI=1S/C29H46N2O6.C2HF3O2/c1-2-3-4-5-6-7-8-9-10-11-12-13-14-15-16-19-25(32)36-22-24-26(33)27(34)29(37-24)31-20-17-18-23(21-31)28(30)35;3-2(4,5)1(6)7/h9-10,17-18,20-21,24,26-27,29,33-34H,2-8,11-16,19,22H2,1H3,(H-,30,35);(H,6,7)/b10-9-;/t24-,26-,27-,29-;/m1./s1. The highest BCUT2D eigenvalue weighted by molar-refractivity contribution is 5.92. The van der Waals surface area contributed by atoms with Gasteiger partial charge in [-0.05, 0) is 38.2 Å². The smallest absolute Gasteiger partial charge is 0.430 e. The molecule has 0 unspecified atom stereocenters. The lowest BCUT2D eigenvalue weighted by Crippen LogP contribution is -2.46. The number of carbonyl (C=O) groups excluding carboxylic acids is 3. The molecule has 44 heavy (non-hydrogen) atoms. The van der Waals surface area contributed by atoms with E-state index in [1.807, 2.05) is 0 Å². The quantitative estimate of drug-likeness (QED) is 0.0902. The van der Waals surface area contributed by atoms with Crippen molar-refractivity contribution in [3.63, 3.8) is 0 Å². The van der Waals surface area contributed by atoms with Crippen molar-refractivity contribution in [3.05, 3.63) is 42.2 Å². The van der Waals surface area contributed by atoms with Gasteiger partial charge in [0.2, 0.25) is 0 Å². The normalized spacial score (nSPS) is 19.9. The Kier molecular flexibility index (Phi) is 19.2. The first-order valence-electron chi connectivity index (χ1n) is 15.3. The van der Waals surface area contributed by atoms with Crippen LogP contribution in [0.5, 0.6) is 0 Å². The summed E-state index contributed by atoms with van der Waals surface area (Å²) in [5.74, 6) is -3.95. The van der Waals surface area contributed by atoms with Gasteiger partial charge >= 0.3 is 12.1 Å². The summed E-state index contributed by atoms with van der Waals surface area (Å²) in [6, 6.07) is 3.15.